The molecule has 0 saturated carbocycles. The molecule has 1 aromatic carbocycles. The summed E-state index contributed by atoms with van der Waals surface area (Å²) in [5.74, 6) is -0.0516. The normalized spacial score (nSPS) is 10.2. The Bertz CT molecular complexity index is 605. The van der Waals surface area contributed by atoms with E-state index >= 15 is 0 Å². The SMILES string of the molecule is CCC(=O)Nc1ccc(-c2cc(C(=O)Cl)on2)cc1. The van der Waals surface area contributed by atoms with E-state index in [4.69, 9.17) is 16.1 Å². The van der Waals surface area contributed by atoms with Gasteiger partial charge in [-0.2, -0.15) is 0 Å². The molecule has 0 aliphatic carbocycles. The highest BCUT2D eigenvalue weighted by molar-refractivity contribution is 6.67. The monoisotopic (exact) mass is 278 g/mol. The van der Waals surface area contributed by atoms with Gasteiger partial charge in [-0.25, -0.2) is 0 Å². The van der Waals surface area contributed by atoms with Crippen molar-refractivity contribution in [2.75, 3.05) is 5.32 Å². The molecule has 0 fully saturated rings. The van der Waals surface area contributed by atoms with E-state index in [0.717, 1.165) is 5.56 Å². The number of rotatable bonds is 4. The van der Waals surface area contributed by atoms with Gasteiger partial charge in [0.15, 0.2) is 0 Å². The van der Waals surface area contributed by atoms with E-state index in [1.165, 1.54) is 6.07 Å². The largest absolute Gasteiger partial charge is 0.351 e. The molecule has 0 spiro atoms. The second kappa shape index (κ2) is 5.67. The summed E-state index contributed by atoms with van der Waals surface area (Å²) in [6, 6.07) is 8.51. The zero-order valence-corrected chi connectivity index (χ0v) is 10.9. The lowest BCUT2D eigenvalue weighted by molar-refractivity contribution is -0.115. The van der Waals surface area contributed by atoms with Crippen LogP contribution in [0.5, 0.6) is 0 Å². The maximum Gasteiger partial charge on any atom is 0.290 e. The molecule has 0 saturated heterocycles. The molecule has 0 unspecified atom stereocenters. The first-order valence-electron chi connectivity index (χ1n) is 5.67. The molecule has 2 rings (SSSR count). The molecule has 98 valence electrons. The number of anilines is 1. The molecule has 0 bridgehead atoms. The van der Waals surface area contributed by atoms with Crippen molar-refractivity contribution in [1.29, 1.82) is 0 Å². The van der Waals surface area contributed by atoms with Crippen LogP contribution < -0.4 is 5.32 Å². The summed E-state index contributed by atoms with van der Waals surface area (Å²) in [5, 5.41) is 5.79. The van der Waals surface area contributed by atoms with E-state index in [2.05, 4.69) is 10.5 Å². The van der Waals surface area contributed by atoms with Crippen LogP contribution in [-0.2, 0) is 4.79 Å². The molecule has 0 atom stereocenters. The minimum atomic E-state index is -0.689. The van der Waals surface area contributed by atoms with Crippen molar-refractivity contribution in [2.24, 2.45) is 0 Å². The summed E-state index contributed by atoms with van der Waals surface area (Å²) in [4.78, 5) is 22.1. The van der Waals surface area contributed by atoms with Crippen molar-refractivity contribution in [2.45, 2.75) is 13.3 Å². The van der Waals surface area contributed by atoms with Gasteiger partial charge in [-0.1, -0.05) is 24.2 Å². The smallest absolute Gasteiger partial charge is 0.290 e. The molecular formula is C13H11ClN2O3. The average molecular weight is 279 g/mol. The summed E-state index contributed by atoms with van der Waals surface area (Å²) in [7, 11) is 0. The summed E-state index contributed by atoms with van der Waals surface area (Å²) in [6.07, 6.45) is 0.423. The van der Waals surface area contributed by atoms with Gasteiger partial charge >= 0.3 is 0 Å². The number of carbonyl (C=O) groups is 2. The van der Waals surface area contributed by atoms with E-state index in [9.17, 15) is 9.59 Å². The van der Waals surface area contributed by atoms with E-state index in [1.54, 1.807) is 31.2 Å². The van der Waals surface area contributed by atoms with Gasteiger partial charge in [0.05, 0.1) is 0 Å². The molecule has 1 aromatic heterocycles. The molecule has 0 radical (unpaired) electrons. The summed E-state index contributed by atoms with van der Waals surface area (Å²) >= 11 is 5.28. The lowest BCUT2D eigenvalue weighted by Crippen LogP contribution is -2.08. The molecule has 0 aliphatic heterocycles. The Morgan fingerprint density at radius 3 is 2.53 bits per heavy atom. The molecule has 19 heavy (non-hydrogen) atoms. The van der Waals surface area contributed by atoms with Crippen LogP contribution in [0.3, 0.4) is 0 Å². The van der Waals surface area contributed by atoms with Crippen molar-refractivity contribution < 1.29 is 14.1 Å². The van der Waals surface area contributed by atoms with Gasteiger partial charge in [0.2, 0.25) is 11.7 Å². The maximum absolute atomic E-state index is 11.2. The predicted molar refractivity (Wildman–Crippen MR) is 71.0 cm³/mol. The van der Waals surface area contributed by atoms with Crippen LogP contribution in [0.4, 0.5) is 5.69 Å². The Kier molecular flexibility index (Phi) is 3.97. The first kappa shape index (κ1) is 13.3. The van der Waals surface area contributed by atoms with E-state index in [1.807, 2.05) is 0 Å². The van der Waals surface area contributed by atoms with Crippen molar-refractivity contribution >= 4 is 28.4 Å². The van der Waals surface area contributed by atoms with Crippen LogP contribution in [0.2, 0.25) is 0 Å². The fraction of sp³-hybridized carbons (Fsp3) is 0.154. The first-order chi connectivity index (χ1) is 9.10. The standard InChI is InChI=1S/C13H11ClN2O3/c1-2-12(17)15-9-5-3-8(4-6-9)10-7-11(13(14)18)19-16-10/h3-7H,2H2,1H3,(H,15,17). The summed E-state index contributed by atoms with van der Waals surface area (Å²) in [6.45, 7) is 1.78. The van der Waals surface area contributed by atoms with E-state index in [0.29, 0.717) is 17.8 Å². The van der Waals surface area contributed by atoms with Crippen LogP contribution in [0, 0.1) is 0 Å². The third-order valence-corrected chi connectivity index (χ3v) is 2.68. The van der Waals surface area contributed by atoms with Crippen LogP contribution in [0.15, 0.2) is 34.9 Å². The highest BCUT2D eigenvalue weighted by Gasteiger charge is 2.11. The predicted octanol–water partition coefficient (Wildman–Crippen LogP) is 3.07. The Labute approximate surface area is 114 Å². The zero-order valence-electron chi connectivity index (χ0n) is 10.1. The van der Waals surface area contributed by atoms with Crippen molar-refractivity contribution in [3.8, 4) is 11.3 Å². The molecule has 5 nitrogen and oxygen atoms in total. The van der Waals surface area contributed by atoms with Gasteiger partial charge in [-0.3, -0.25) is 9.59 Å². The van der Waals surface area contributed by atoms with Crippen molar-refractivity contribution in [3.63, 3.8) is 0 Å². The number of carbonyl (C=O) groups excluding carboxylic acids is 2. The van der Waals surface area contributed by atoms with Gasteiger partial charge in [-0.15, -0.1) is 0 Å². The van der Waals surface area contributed by atoms with Crippen LogP contribution in [0.1, 0.15) is 23.9 Å². The number of amides is 1. The van der Waals surface area contributed by atoms with Gasteiger partial charge in [0.1, 0.15) is 5.69 Å². The Morgan fingerprint density at radius 1 is 1.32 bits per heavy atom. The molecule has 1 amide bonds. The summed E-state index contributed by atoms with van der Waals surface area (Å²) in [5.41, 5.74) is 1.98. The number of hydrogen-bond acceptors (Lipinski definition) is 4. The number of nitrogens with zero attached hydrogens (tertiary/aromatic N) is 1. The quantitative estimate of drug-likeness (QED) is 0.873. The Morgan fingerprint density at radius 2 is 2.00 bits per heavy atom. The molecule has 6 heteroatoms. The fourth-order valence-electron chi connectivity index (χ4n) is 1.48. The molecular weight excluding hydrogens is 268 g/mol. The first-order valence-corrected chi connectivity index (χ1v) is 6.04. The number of halogens is 1. The lowest BCUT2D eigenvalue weighted by Gasteiger charge is -2.03. The number of nitrogens with one attached hydrogen (secondary N) is 1. The van der Waals surface area contributed by atoms with Gasteiger partial charge < -0.3 is 9.84 Å². The number of benzene rings is 1. The lowest BCUT2D eigenvalue weighted by atomic mass is 10.1. The molecule has 2 aromatic rings. The third-order valence-electron chi connectivity index (χ3n) is 2.49. The molecule has 0 aliphatic rings. The highest BCUT2D eigenvalue weighted by atomic mass is 35.5. The Hall–Kier alpha value is -2.14. The summed E-state index contributed by atoms with van der Waals surface area (Å²) < 4.78 is 4.79. The van der Waals surface area contributed by atoms with Crippen LogP contribution in [0.25, 0.3) is 11.3 Å². The average Bonchev–Trinajstić information content (AvgIpc) is 2.89. The number of hydrogen-bond donors (Lipinski definition) is 1. The molecule has 1 heterocycles. The zero-order chi connectivity index (χ0) is 13.8. The van der Waals surface area contributed by atoms with E-state index in [-0.39, 0.29) is 11.7 Å². The van der Waals surface area contributed by atoms with Crippen molar-refractivity contribution in [3.05, 3.63) is 36.1 Å². The minimum absolute atomic E-state index is 0.0000268. The maximum atomic E-state index is 11.2. The second-order valence-electron chi connectivity index (χ2n) is 3.83. The Balaban J connectivity index is 2.17. The third kappa shape index (κ3) is 3.20. The van der Waals surface area contributed by atoms with Crippen molar-refractivity contribution in [1.82, 2.24) is 5.16 Å². The van der Waals surface area contributed by atoms with Crippen LogP contribution >= 0.6 is 11.6 Å². The van der Waals surface area contributed by atoms with E-state index < -0.39 is 5.24 Å². The highest BCUT2D eigenvalue weighted by Crippen LogP contribution is 2.22. The second-order valence-corrected chi connectivity index (χ2v) is 4.17. The fourth-order valence-corrected chi connectivity index (χ4v) is 1.57. The topological polar surface area (TPSA) is 72.2 Å². The van der Waals surface area contributed by atoms with Gasteiger partial charge in [-0.05, 0) is 23.7 Å². The minimum Gasteiger partial charge on any atom is -0.351 e. The van der Waals surface area contributed by atoms with Crippen LogP contribution in [-0.4, -0.2) is 16.3 Å². The molecule has 1 N–H and O–H groups in total. The van der Waals surface area contributed by atoms with Gasteiger partial charge in [0.25, 0.3) is 5.24 Å². The number of aromatic nitrogens is 1. The van der Waals surface area contributed by atoms with Gasteiger partial charge in [0, 0.05) is 23.7 Å².